The van der Waals surface area contributed by atoms with Gasteiger partial charge in [0, 0.05) is 56.2 Å². The molecule has 10 heteroatoms. The molecule has 0 aliphatic carbocycles. The zero-order valence-corrected chi connectivity index (χ0v) is 19.2. The number of methoxy groups -OCH3 is 1. The fourth-order valence-corrected chi connectivity index (χ4v) is 4.40. The summed E-state index contributed by atoms with van der Waals surface area (Å²) in [6, 6.07) is 4.42. The van der Waals surface area contributed by atoms with E-state index >= 15 is 0 Å². The van der Waals surface area contributed by atoms with Gasteiger partial charge in [-0.2, -0.15) is 0 Å². The molecular weight excluding hydrogens is 450 g/mol. The van der Waals surface area contributed by atoms with Gasteiger partial charge in [0.25, 0.3) is 11.5 Å². The van der Waals surface area contributed by atoms with Crippen LogP contribution in [0.2, 0.25) is 5.15 Å². The molecule has 0 bridgehead atoms. The predicted molar refractivity (Wildman–Crippen MR) is 120 cm³/mol. The summed E-state index contributed by atoms with van der Waals surface area (Å²) < 4.78 is 18.1. The third-order valence-electron chi connectivity index (χ3n) is 5.94. The van der Waals surface area contributed by atoms with Crippen molar-refractivity contribution in [1.82, 2.24) is 14.5 Å². The van der Waals surface area contributed by atoms with E-state index in [4.69, 9.17) is 25.8 Å². The van der Waals surface area contributed by atoms with Crippen molar-refractivity contribution < 1.29 is 23.8 Å². The summed E-state index contributed by atoms with van der Waals surface area (Å²) in [5.41, 5.74) is 0.836. The lowest BCUT2D eigenvalue weighted by Crippen LogP contribution is -2.34. The Labute approximate surface area is 196 Å². The number of nitrogens with zero attached hydrogens (tertiary/aromatic N) is 3. The van der Waals surface area contributed by atoms with Gasteiger partial charge in [-0.25, -0.2) is 9.78 Å². The molecule has 4 rings (SSSR count). The zero-order chi connectivity index (χ0) is 23.4. The Bertz CT molecular complexity index is 1100. The molecule has 0 radical (unpaired) electrons. The van der Waals surface area contributed by atoms with E-state index in [9.17, 15) is 14.4 Å². The standard InChI is InChI=1S/C23H26ClN3O6/c1-31-23(30)21-17-6-8-26(22(29)15-5-7-25-19(24)12-15)9-10-27(17)20(28)13-18(21)33-14-16-4-2-3-11-32-16/h5,7,12-13,16H,2-4,6,8-11,14H2,1H3. The molecule has 0 saturated carbocycles. The van der Waals surface area contributed by atoms with Crippen molar-refractivity contribution in [3.05, 3.63) is 56.7 Å². The summed E-state index contributed by atoms with van der Waals surface area (Å²) in [6.07, 6.45) is 4.63. The van der Waals surface area contributed by atoms with Gasteiger partial charge < -0.3 is 23.7 Å². The van der Waals surface area contributed by atoms with Gasteiger partial charge in [0.2, 0.25) is 0 Å². The average Bonchev–Trinajstić information content (AvgIpc) is 3.06. The van der Waals surface area contributed by atoms with Gasteiger partial charge in [-0.05, 0) is 31.4 Å². The van der Waals surface area contributed by atoms with Crippen LogP contribution in [-0.2, 0) is 22.4 Å². The molecule has 1 atom stereocenters. The highest BCUT2D eigenvalue weighted by molar-refractivity contribution is 6.29. The van der Waals surface area contributed by atoms with E-state index in [0.29, 0.717) is 37.4 Å². The molecule has 0 aromatic carbocycles. The van der Waals surface area contributed by atoms with E-state index in [-0.39, 0.29) is 47.2 Å². The lowest BCUT2D eigenvalue weighted by Gasteiger charge is -2.24. The van der Waals surface area contributed by atoms with Crippen LogP contribution in [0.5, 0.6) is 5.75 Å². The number of halogens is 1. The van der Waals surface area contributed by atoms with Gasteiger partial charge >= 0.3 is 5.97 Å². The van der Waals surface area contributed by atoms with Crippen LogP contribution < -0.4 is 10.3 Å². The third-order valence-corrected chi connectivity index (χ3v) is 6.15. The van der Waals surface area contributed by atoms with Gasteiger partial charge in [-0.1, -0.05) is 11.6 Å². The molecule has 176 valence electrons. The topological polar surface area (TPSA) is 100.0 Å². The zero-order valence-electron chi connectivity index (χ0n) is 18.4. The molecule has 4 heterocycles. The number of amides is 1. The van der Waals surface area contributed by atoms with E-state index in [2.05, 4.69) is 4.98 Å². The molecule has 2 aliphatic heterocycles. The number of fused-ring (bicyclic) bond motifs is 1. The third kappa shape index (κ3) is 5.20. The minimum atomic E-state index is -0.584. The summed E-state index contributed by atoms with van der Waals surface area (Å²) >= 11 is 5.93. The maximum Gasteiger partial charge on any atom is 0.343 e. The van der Waals surface area contributed by atoms with E-state index in [1.165, 1.54) is 30.0 Å². The summed E-state index contributed by atoms with van der Waals surface area (Å²) in [5.74, 6) is -0.613. The number of hydrogen-bond donors (Lipinski definition) is 0. The maximum absolute atomic E-state index is 13.0. The van der Waals surface area contributed by atoms with Crippen molar-refractivity contribution in [2.24, 2.45) is 0 Å². The highest BCUT2D eigenvalue weighted by Crippen LogP contribution is 2.25. The Balaban J connectivity index is 1.60. The number of carbonyl (C=O) groups is 2. The summed E-state index contributed by atoms with van der Waals surface area (Å²) in [5, 5.41) is 0.229. The first-order valence-corrected chi connectivity index (χ1v) is 11.4. The van der Waals surface area contributed by atoms with Crippen molar-refractivity contribution in [2.75, 3.05) is 33.4 Å². The molecule has 33 heavy (non-hydrogen) atoms. The van der Waals surface area contributed by atoms with Crippen molar-refractivity contribution >= 4 is 23.5 Å². The molecule has 2 aliphatic rings. The summed E-state index contributed by atoms with van der Waals surface area (Å²) in [6.45, 7) is 1.80. The van der Waals surface area contributed by atoms with Gasteiger partial charge in [-0.15, -0.1) is 0 Å². The molecule has 1 amide bonds. The van der Waals surface area contributed by atoms with Gasteiger partial charge in [0.15, 0.2) is 0 Å². The van der Waals surface area contributed by atoms with Crippen LogP contribution >= 0.6 is 11.6 Å². The largest absolute Gasteiger partial charge is 0.490 e. The van der Waals surface area contributed by atoms with Crippen molar-refractivity contribution in [1.29, 1.82) is 0 Å². The normalized spacial score (nSPS) is 18.2. The molecule has 1 fully saturated rings. The first kappa shape index (κ1) is 23.3. The second-order valence-corrected chi connectivity index (χ2v) is 8.41. The predicted octanol–water partition coefficient (Wildman–Crippen LogP) is 2.33. The van der Waals surface area contributed by atoms with E-state index in [0.717, 1.165) is 19.3 Å². The molecule has 0 N–H and O–H groups in total. The minimum absolute atomic E-state index is 0.0777. The van der Waals surface area contributed by atoms with Crippen LogP contribution in [0.25, 0.3) is 0 Å². The second kappa shape index (κ2) is 10.4. The molecule has 0 spiro atoms. The van der Waals surface area contributed by atoms with Crippen LogP contribution in [0.3, 0.4) is 0 Å². The van der Waals surface area contributed by atoms with Crippen LogP contribution in [0.1, 0.15) is 45.7 Å². The first-order valence-electron chi connectivity index (χ1n) is 11.0. The first-order chi connectivity index (χ1) is 16.0. The van der Waals surface area contributed by atoms with Crippen molar-refractivity contribution in [3.63, 3.8) is 0 Å². The number of aromatic nitrogens is 2. The number of rotatable bonds is 5. The molecule has 9 nitrogen and oxygen atoms in total. The SMILES string of the molecule is COC(=O)c1c(OCC2CCCCO2)cc(=O)n2c1CCN(C(=O)c1ccnc(Cl)c1)CC2. The Morgan fingerprint density at radius 2 is 2.09 bits per heavy atom. The van der Waals surface area contributed by atoms with Crippen molar-refractivity contribution in [3.8, 4) is 5.75 Å². The number of esters is 1. The van der Waals surface area contributed by atoms with Crippen LogP contribution in [0, 0.1) is 0 Å². The lowest BCUT2D eigenvalue weighted by atomic mass is 10.1. The van der Waals surface area contributed by atoms with Gasteiger partial charge in [-0.3, -0.25) is 9.59 Å². The highest BCUT2D eigenvalue weighted by atomic mass is 35.5. The van der Waals surface area contributed by atoms with Gasteiger partial charge in [0.05, 0.1) is 13.2 Å². The minimum Gasteiger partial charge on any atom is -0.490 e. The smallest absolute Gasteiger partial charge is 0.343 e. The Morgan fingerprint density at radius 3 is 2.82 bits per heavy atom. The van der Waals surface area contributed by atoms with Crippen LogP contribution in [0.4, 0.5) is 0 Å². The number of hydrogen-bond acceptors (Lipinski definition) is 7. The maximum atomic E-state index is 13.0. The molecule has 2 aromatic heterocycles. The Morgan fingerprint density at radius 1 is 1.24 bits per heavy atom. The van der Waals surface area contributed by atoms with E-state index in [1.807, 2.05) is 0 Å². The average molecular weight is 476 g/mol. The summed E-state index contributed by atoms with van der Waals surface area (Å²) in [7, 11) is 1.29. The molecule has 1 unspecified atom stereocenters. The molecule has 2 aromatic rings. The quantitative estimate of drug-likeness (QED) is 0.483. The Kier molecular flexibility index (Phi) is 7.29. The number of carbonyl (C=O) groups excluding carboxylic acids is 2. The fraction of sp³-hybridized carbons (Fsp3) is 0.478. The lowest BCUT2D eigenvalue weighted by molar-refractivity contribution is -0.0114. The van der Waals surface area contributed by atoms with Crippen molar-refractivity contribution in [2.45, 2.75) is 38.3 Å². The van der Waals surface area contributed by atoms with Crippen LogP contribution in [-0.4, -0.2) is 65.8 Å². The summed E-state index contributed by atoms with van der Waals surface area (Å²) in [4.78, 5) is 44.1. The number of ether oxygens (including phenoxy) is 3. The van der Waals surface area contributed by atoms with E-state index in [1.54, 1.807) is 11.0 Å². The number of pyridine rings is 2. The molecule has 1 saturated heterocycles. The monoisotopic (exact) mass is 475 g/mol. The highest BCUT2D eigenvalue weighted by Gasteiger charge is 2.28. The Hall–Kier alpha value is -2.91. The van der Waals surface area contributed by atoms with E-state index < -0.39 is 5.97 Å². The van der Waals surface area contributed by atoms with Gasteiger partial charge in [0.1, 0.15) is 23.1 Å². The molecular formula is C23H26ClN3O6. The second-order valence-electron chi connectivity index (χ2n) is 8.02. The van der Waals surface area contributed by atoms with Crippen LogP contribution in [0.15, 0.2) is 29.2 Å². The fourth-order valence-electron chi connectivity index (χ4n) is 4.23.